The molecule has 0 aliphatic rings. The second-order valence-corrected chi connectivity index (χ2v) is 3.13. The van der Waals surface area contributed by atoms with E-state index < -0.39 is 5.97 Å². The van der Waals surface area contributed by atoms with Crippen molar-refractivity contribution in [2.45, 2.75) is 26.3 Å². The van der Waals surface area contributed by atoms with E-state index >= 15 is 0 Å². The van der Waals surface area contributed by atoms with Crippen LogP contribution in [-0.2, 0) is 4.79 Å². The summed E-state index contributed by atoms with van der Waals surface area (Å²) in [5.41, 5.74) is 0. The third-order valence-electron chi connectivity index (χ3n) is 1.80. The highest BCUT2D eigenvalue weighted by atomic mass is 16.4. The van der Waals surface area contributed by atoms with E-state index in [0.717, 1.165) is 5.76 Å². The fraction of sp³-hybridized carbons (Fsp3) is 0.556. The van der Waals surface area contributed by atoms with Crippen LogP contribution in [0.15, 0.2) is 10.6 Å². The van der Waals surface area contributed by atoms with E-state index in [-0.39, 0.29) is 12.5 Å². The molecule has 1 unspecified atom stereocenters. The van der Waals surface area contributed by atoms with Crippen molar-refractivity contribution in [1.82, 2.24) is 10.3 Å². The second-order valence-electron chi connectivity index (χ2n) is 3.13. The molecule has 0 aliphatic heterocycles. The molecule has 0 radical (unpaired) electrons. The van der Waals surface area contributed by atoms with Crippen molar-refractivity contribution in [1.29, 1.82) is 0 Å². The van der Waals surface area contributed by atoms with E-state index in [4.69, 9.17) is 9.52 Å². The number of aryl methyl sites for hydroxylation is 1. The lowest BCUT2D eigenvalue weighted by atomic mass is 10.3. The van der Waals surface area contributed by atoms with Gasteiger partial charge in [0.1, 0.15) is 5.76 Å². The molecule has 1 aromatic heterocycles. The van der Waals surface area contributed by atoms with Crippen LogP contribution in [0, 0.1) is 6.92 Å². The number of rotatable bonds is 5. The number of nitrogens with zero attached hydrogens (tertiary/aromatic N) is 1. The summed E-state index contributed by atoms with van der Waals surface area (Å²) in [5.74, 6) is 0.535. The fourth-order valence-electron chi connectivity index (χ4n) is 1.06. The highest BCUT2D eigenvalue weighted by Gasteiger charge is 2.10. The Kier molecular flexibility index (Phi) is 3.64. The van der Waals surface area contributed by atoms with Crippen LogP contribution in [0.1, 0.15) is 31.0 Å². The van der Waals surface area contributed by atoms with Gasteiger partial charge in [0.05, 0.1) is 18.7 Å². The van der Waals surface area contributed by atoms with Crippen molar-refractivity contribution in [3.8, 4) is 0 Å². The van der Waals surface area contributed by atoms with E-state index in [2.05, 4.69) is 10.3 Å². The summed E-state index contributed by atoms with van der Waals surface area (Å²) in [4.78, 5) is 14.3. The average Bonchev–Trinajstić information content (AvgIpc) is 2.51. The molecule has 0 amide bonds. The van der Waals surface area contributed by atoms with Crippen molar-refractivity contribution in [3.05, 3.63) is 17.8 Å². The predicted molar refractivity (Wildman–Crippen MR) is 49.9 cm³/mol. The number of carbonyl (C=O) groups is 1. The Bertz CT molecular complexity index is 309. The molecule has 0 aromatic carbocycles. The van der Waals surface area contributed by atoms with Gasteiger partial charge in [0, 0.05) is 6.54 Å². The third kappa shape index (κ3) is 3.18. The molecule has 1 heterocycles. The van der Waals surface area contributed by atoms with Crippen LogP contribution in [0.25, 0.3) is 0 Å². The van der Waals surface area contributed by atoms with Crippen LogP contribution < -0.4 is 5.32 Å². The first kappa shape index (κ1) is 10.7. The second kappa shape index (κ2) is 4.76. The van der Waals surface area contributed by atoms with Gasteiger partial charge in [-0.05, 0) is 13.8 Å². The number of nitrogens with one attached hydrogen (secondary N) is 1. The zero-order chi connectivity index (χ0) is 10.6. The summed E-state index contributed by atoms with van der Waals surface area (Å²) in [7, 11) is 0. The zero-order valence-corrected chi connectivity index (χ0v) is 8.28. The first-order chi connectivity index (χ1) is 6.59. The predicted octanol–water partition coefficient (Wildman–Crippen LogP) is 1.11. The number of carboxylic acids is 1. The molecule has 0 spiro atoms. The van der Waals surface area contributed by atoms with Crippen LogP contribution >= 0.6 is 0 Å². The van der Waals surface area contributed by atoms with Crippen molar-refractivity contribution in [3.63, 3.8) is 0 Å². The van der Waals surface area contributed by atoms with Crippen molar-refractivity contribution < 1.29 is 14.3 Å². The van der Waals surface area contributed by atoms with Crippen LogP contribution in [0.5, 0.6) is 0 Å². The normalized spacial score (nSPS) is 12.7. The van der Waals surface area contributed by atoms with Crippen LogP contribution in [0.2, 0.25) is 0 Å². The Morgan fingerprint density at radius 2 is 2.50 bits per heavy atom. The molecule has 1 atom stereocenters. The molecule has 5 nitrogen and oxygen atoms in total. The summed E-state index contributed by atoms with van der Waals surface area (Å²) in [6.07, 6.45) is 1.74. The lowest BCUT2D eigenvalue weighted by molar-refractivity contribution is -0.136. The van der Waals surface area contributed by atoms with Crippen LogP contribution in [-0.4, -0.2) is 22.6 Å². The maximum Gasteiger partial charge on any atom is 0.304 e. The van der Waals surface area contributed by atoms with Gasteiger partial charge >= 0.3 is 5.97 Å². The molecule has 14 heavy (non-hydrogen) atoms. The Balaban J connectivity index is 2.35. The molecule has 1 rings (SSSR count). The molecule has 1 aromatic rings. The van der Waals surface area contributed by atoms with Crippen molar-refractivity contribution >= 4 is 5.97 Å². The monoisotopic (exact) mass is 198 g/mol. The summed E-state index contributed by atoms with van der Waals surface area (Å²) in [5, 5.41) is 11.4. The number of hydrogen-bond acceptors (Lipinski definition) is 4. The third-order valence-corrected chi connectivity index (χ3v) is 1.80. The minimum Gasteiger partial charge on any atom is -0.481 e. The quantitative estimate of drug-likeness (QED) is 0.741. The smallest absolute Gasteiger partial charge is 0.304 e. The SMILES string of the molecule is Cc1cnc(C(C)NCCC(=O)O)o1. The van der Waals surface area contributed by atoms with Gasteiger partial charge in [-0.2, -0.15) is 0 Å². The van der Waals surface area contributed by atoms with E-state index in [0.29, 0.717) is 12.4 Å². The van der Waals surface area contributed by atoms with Gasteiger partial charge in [0.15, 0.2) is 0 Å². The number of oxazole rings is 1. The number of hydrogen-bond donors (Lipinski definition) is 2. The van der Waals surface area contributed by atoms with Gasteiger partial charge < -0.3 is 14.8 Å². The number of aromatic nitrogens is 1. The Morgan fingerprint density at radius 1 is 1.79 bits per heavy atom. The molecule has 78 valence electrons. The minimum atomic E-state index is -0.812. The molecular weight excluding hydrogens is 184 g/mol. The first-order valence-electron chi connectivity index (χ1n) is 4.47. The van der Waals surface area contributed by atoms with Crippen molar-refractivity contribution in [2.75, 3.05) is 6.54 Å². The molecule has 0 bridgehead atoms. The highest BCUT2D eigenvalue weighted by molar-refractivity contribution is 5.66. The Labute approximate surface area is 82.1 Å². The molecule has 0 saturated heterocycles. The maximum atomic E-state index is 10.2. The lowest BCUT2D eigenvalue weighted by Gasteiger charge is -2.08. The summed E-state index contributed by atoms with van der Waals surface area (Å²) in [6.45, 7) is 4.12. The standard InChI is InChI=1S/C9H14N2O3/c1-6-5-11-9(14-6)7(2)10-4-3-8(12)13/h5,7,10H,3-4H2,1-2H3,(H,12,13). The van der Waals surface area contributed by atoms with Crippen LogP contribution in [0.3, 0.4) is 0 Å². The van der Waals surface area contributed by atoms with Gasteiger partial charge in [-0.15, -0.1) is 0 Å². The Hall–Kier alpha value is -1.36. The molecule has 0 aliphatic carbocycles. The largest absolute Gasteiger partial charge is 0.481 e. The van der Waals surface area contributed by atoms with Crippen LogP contribution in [0.4, 0.5) is 0 Å². The maximum absolute atomic E-state index is 10.2. The van der Waals surface area contributed by atoms with Gasteiger partial charge in [0.25, 0.3) is 0 Å². The summed E-state index contributed by atoms with van der Waals surface area (Å²) < 4.78 is 5.28. The van der Waals surface area contributed by atoms with Crippen molar-refractivity contribution in [2.24, 2.45) is 0 Å². The van der Waals surface area contributed by atoms with E-state index in [1.807, 2.05) is 13.8 Å². The van der Waals surface area contributed by atoms with Gasteiger partial charge in [-0.1, -0.05) is 0 Å². The average molecular weight is 198 g/mol. The van der Waals surface area contributed by atoms with Gasteiger partial charge in [-0.3, -0.25) is 4.79 Å². The lowest BCUT2D eigenvalue weighted by Crippen LogP contribution is -2.22. The van der Waals surface area contributed by atoms with E-state index in [1.165, 1.54) is 0 Å². The number of carboxylic acid groups (broad SMARTS) is 1. The van der Waals surface area contributed by atoms with Gasteiger partial charge in [-0.25, -0.2) is 4.98 Å². The molecule has 0 saturated carbocycles. The number of aliphatic carboxylic acids is 1. The topological polar surface area (TPSA) is 75.4 Å². The molecule has 2 N–H and O–H groups in total. The highest BCUT2D eigenvalue weighted by Crippen LogP contribution is 2.11. The summed E-state index contributed by atoms with van der Waals surface area (Å²) >= 11 is 0. The zero-order valence-electron chi connectivity index (χ0n) is 8.28. The first-order valence-corrected chi connectivity index (χ1v) is 4.47. The van der Waals surface area contributed by atoms with E-state index in [1.54, 1.807) is 6.20 Å². The fourth-order valence-corrected chi connectivity index (χ4v) is 1.06. The van der Waals surface area contributed by atoms with Gasteiger partial charge in [0.2, 0.25) is 5.89 Å². The Morgan fingerprint density at radius 3 is 3.00 bits per heavy atom. The molecule has 5 heteroatoms. The molecule has 0 fully saturated rings. The minimum absolute atomic E-state index is 0.0527. The molecular formula is C9H14N2O3. The van der Waals surface area contributed by atoms with E-state index in [9.17, 15) is 4.79 Å². The summed E-state index contributed by atoms with van der Waals surface area (Å²) in [6, 6.07) is -0.0527.